The highest BCUT2D eigenvalue weighted by atomic mass is 19.2. The zero-order valence-electron chi connectivity index (χ0n) is 14.0. The lowest BCUT2D eigenvalue weighted by atomic mass is 9.97. The summed E-state index contributed by atoms with van der Waals surface area (Å²) in [4.78, 5) is 34.5. The number of halogens is 3. The van der Waals surface area contributed by atoms with Crippen LogP contribution in [-0.4, -0.2) is 54.3 Å². The summed E-state index contributed by atoms with van der Waals surface area (Å²) in [6, 6.07) is 1.35. The van der Waals surface area contributed by atoms with Crippen molar-refractivity contribution in [2.45, 2.75) is 6.42 Å². The summed E-state index contributed by atoms with van der Waals surface area (Å²) in [5, 5.41) is 0. The molecule has 1 heterocycles. The molecule has 0 aliphatic heterocycles. The highest BCUT2D eigenvalue weighted by Crippen LogP contribution is 2.28. The maximum Gasteiger partial charge on any atom is 0.229 e. The fourth-order valence-corrected chi connectivity index (χ4v) is 2.43. The number of benzene rings is 1. The minimum atomic E-state index is -1.63. The molecule has 9 heteroatoms. The monoisotopic (exact) mass is 365 g/mol. The third-order valence-electron chi connectivity index (χ3n) is 3.77. The van der Waals surface area contributed by atoms with Gasteiger partial charge in [-0.2, -0.15) is 0 Å². The van der Waals surface area contributed by atoms with E-state index >= 15 is 0 Å². The Labute approximate surface area is 146 Å². The molecular formula is C17H14F3N3O3. The highest BCUT2D eigenvalue weighted by molar-refractivity contribution is 6.52. The van der Waals surface area contributed by atoms with E-state index in [0.29, 0.717) is 25.2 Å². The number of aromatic nitrogens is 1. The van der Waals surface area contributed by atoms with Crippen molar-refractivity contribution in [3.63, 3.8) is 0 Å². The Kier molecular flexibility index (Phi) is 4.73. The molecule has 6 nitrogen and oxygen atoms in total. The lowest BCUT2D eigenvalue weighted by Crippen LogP contribution is -2.27. The normalized spacial score (nSPS) is 15.8. The first kappa shape index (κ1) is 18.0. The van der Waals surface area contributed by atoms with Gasteiger partial charge in [0.15, 0.2) is 23.1 Å². The van der Waals surface area contributed by atoms with Gasteiger partial charge in [-0.3, -0.25) is 14.6 Å². The van der Waals surface area contributed by atoms with Crippen LogP contribution < -0.4 is 0 Å². The zero-order chi connectivity index (χ0) is 19.0. The maximum absolute atomic E-state index is 13.4. The number of carbonyl (C=O) groups is 2. The maximum atomic E-state index is 13.4. The summed E-state index contributed by atoms with van der Waals surface area (Å²) in [5.74, 6) is -6.21. The third kappa shape index (κ3) is 3.30. The molecule has 1 aliphatic carbocycles. The van der Waals surface area contributed by atoms with Crippen LogP contribution in [0.25, 0.3) is 11.5 Å². The summed E-state index contributed by atoms with van der Waals surface area (Å²) < 4.78 is 45.1. The molecule has 0 spiro atoms. The van der Waals surface area contributed by atoms with Crippen molar-refractivity contribution in [2.75, 3.05) is 27.2 Å². The Morgan fingerprint density at radius 2 is 1.85 bits per heavy atom. The topological polar surface area (TPSA) is 75.8 Å². The van der Waals surface area contributed by atoms with Crippen LogP contribution in [0.1, 0.15) is 27.5 Å². The summed E-state index contributed by atoms with van der Waals surface area (Å²) in [6.07, 6.45) is -0.236. The molecular weight excluding hydrogens is 351 g/mol. The molecule has 0 radical (unpaired) electrons. The van der Waals surface area contributed by atoms with Gasteiger partial charge in [-0.15, -0.1) is 0 Å². The SMILES string of the molecule is CN(C)CCN=C1CC(=O)c2oc(-c3cc(F)c(F)c(F)c3)nc2C1=O. The van der Waals surface area contributed by atoms with Crippen molar-refractivity contribution in [2.24, 2.45) is 4.99 Å². The Bertz CT molecular complexity index is 912. The van der Waals surface area contributed by atoms with Crippen molar-refractivity contribution in [1.82, 2.24) is 9.88 Å². The molecule has 26 heavy (non-hydrogen) atoms. The minimum Gasteiger partial charge on any atom is -0.432 e. The van der Waals surface area contributed by atoms with Crippen LogP contribution in [-0.2, 0) is 0 Å². The van der Waals surface area contributed by atoms with Gasteiger partial charge in [-0.1, -0.05) is 0 Å². The van der Waals surface area contributed by atoms with E-state index in [9.17, 15) is 22.8 Å². The van der Waals surface area contributed by atoms with Gasteiger partial charge in [-0.25, -0.2) is 18.2 Å². The number of nitrogens with zero attached hydrogens (tertiary/aromatic N) is 3. The lowest BCUT2D eigenvalue weighted by Gasteiger charge is -2.10. The predicted molar refractivity (Wildman–Crippen MR) is 85.9 cm³/mol. The van der Waals surface area contributed by atoms with Crippen molar-refractivity contribution < 1.29 is 27.2 Å². The lowest BCUT2D eigenvalue weighted by molar-refractivity contribution is 0.0940. The smallest absolute Gasteiger partial charge is 0.229 e. The van der Waals surface area contributed by atoms with E-state index in [-0.39, 0.29) is 35.0 Å². The van der Waals surface area contributed by atoms with Crippen LogP contribution in [0.2, 0.25) is 0 Å². The van der Waals surface area contributed by atoms with Crippen LogP contribution >= 0.6 is 0 Å². The predicted octanol–water partition coefficient (Wildman–Crippen LogP) is 2.53. The fourth-order valence-electron chi connectivity index (χ4n) is 2.43. The highest BCUT2D eigenvalue weighted by Gasteiger charge is 2.35. The summed E-state index contributed by atoms with van der Waals surface area (Å²) in [5.41, 5.74) is -0.423. The fraction of sp³-hybridized carbons (Fsp3) is 0.294. The summed E-state index contributed by atoms with van der Waals surface area (Å²) in [6.45, 7) is 0.922. The molecule has 0 saturated carbocycles. The van der Waals surface area contributed by atoms with Gasteiger partial charge >= 0.3 is 0 Å². The molecule has 3 rings (SSSR count). The van der Waals surface area contributed by atoms with Crippen molar-refractivity contribution in [3.05, 3.63) is 41.0 Å². The molecule has 136 valence electrons. The van der Waals surface area contributed by atoms with Gasteiger partial charge in [0.05, 0.1) is 18.7 Å². The number of hydrogen-bond donors (Lipinski definition) is 0. The van der Waals surface area contributed by atoms with Crippen molar-refractivity contribution >= 4 is 17.3 Å². The molecule has 0 bridgehead atoms. The first-order valence-corrected chi connectivity index (χ1v) is 7.69. The van der Waals surface area contributed by atoms with Gasteiger partial charge in [0, 0.05) is 12.1 Å². The van der Waals surface area contributed by atoms with E-state index < -0.39 is 29.0 Å². The van der Waals surface area contributed by atoms with Gasteiger partial charge in [0.25, 0.3) is 0 Å². The Morgan fingerprint density at radius 3 is 2.46 bits per heavy atom. The number of Topliss-reactive ketones (excluding diaryl/α,β-unsaturated/α-hetero) is 2. The van der Waals surface area contributed by atoms with E-state index in [4.69, 9.17) is 4.42 Å². The van der Waals surface area contributed by atoms with E-state index in [2.05, 4.69) is 9.98 Å². The van der Waals surface area contributed by atoms with E-state index in [1.165, 1.54) is 0 Å². The van der Waals surface area contributed by atoms with Gasteiger partial charge < -0.3 is 9.32 Å². The van der Waals surface area contributed by atoms with E-state index in [0.717, 1.165) is 0 Å². The largest absolute Gasteiger partial charge is 0.432 e. The molecule has 0 N–H and O–H groups in total. The quantitative estimate of drug-likeness (QED) is 0.779. The van der Waals surface area contributed by atoms with Crippen LogP contribution in [0, 0.1) is 17.5 Å². The van der Waals surface area contributed by atoms with E-state index in [1.807, 2.05) is 19.0 Å². The number of hydrogen-bond acceptors (Lipinski definition) is 6. The number of ketones is 2. The van der Waals surface area contributed by atoms with Crippen LogP contribution in [0.5, 0.6) is 0 Å². The van der Waals surface area contributed by atoms with Crippen LogP contribution in [0.15, 0.2) is 21.5 Å². The van der Waals surface area contributed by atoms with Crippen LogP contribution in [0.3, 0.4) is 0 Å². The Morgan fingerprint density at radius 1 is 1.19 bits per heavy atom. The first-order valence-electron chi connectivity index (χ1n) is 7.69. The summed E-state index contributed by atoms with van der Waals surface area (Å²) in [7, 11) is 3.69. The number of oxazole rings is 1. The van der Waals surface area contributed by atoms with Crippen LogP contribution in [0.4, 0.5) is 13.2 Å². The molecule has 0 amide bonds. The molecule has 1 aromatic heterocycles. The Hall–Kier alpha value is -2.81. The number of likely N-dealkylation sites (N-methyl/N-ethyl adjacent to an activating group) is 1. The standard InChI is InChI=1S/C17H14F3N3O3/c1-23(2)4-3-21-11-7-12(24)16-14(15(11)25)22-17(26-16)8-5-9(18)13(20)10(19)6-8/h5-6H,3-4,7H2,1-2H3. The van der Waals surface area contributed by atoms with E-state index in [1.54, 1.807) is 0 Å². The van der Waals surface area contributed by atoms with Crippen molar-refractivity contribution in [3.8, 4) is 11.5 Å². The molecule has 2 aromatic rings. The minimum absolute atomic E-state index is 0.0562. The third-order valence-corrected chi connectivity index (χ3v) is 3.77. The molecule has 0 fully saturated rings. The van der Waals surface area contributed by atoms with Gasteiger partial charge in [-0.05, 0) is 26.2 Å². The average molecular weight is 365 g/mol. The second kappa shape index (κ2) is 6.83. The number of fused-ring (bicyclic) bond motifs is 1. The van der Waals surface area contributed by atoms with Gasteiger partial charge in [0.1, 0.15) is 0 Å². The molecule has 0 atom stereocenters. The average Bonchev–Trinajstić information content (AvgIpc) is 3.02. The number of aliphatic imine (C=N–C) groups is 1. The Balaban J connectivity index is 1.96. The number of rotatable bonds is 4. The van der Waals surface area contributed by atoms with Crippen molar-refractivity contribution in [1.29, 1.82) is 0 Å². The molecule has 1 aliphatic rings. The molecule has 1 aromatic carbocycles. The summed E-state index contributed by atoms with van der Waals surface area (Å²) >= 11 is 0. The zero-order valence-corrected chi connectivity index (χ0v) is 14.0. The first-order chi connectivity index (χ1) is 12.3. The molecule has 0 unspecified atom stereocenters. The second-order valence-corrected chi connectivity index (χ2v) is 6.01. The molecule has 0 saturated heterocycles. The number of carbonyl (C=O) groups excluding carboxylic acids is 2. The second-order valence-electron chi connectivity index (χ2n) is 6.01. The van der Waals surface area contributed by atoms with Gasteiger partial charge in [0.2, 0.25) is 23.2 Å².